The summed E-state index contributed by atoms with van der Waals surface area (Å²) in [5, 5.41) is 13.9. The van der Waals surface area contributed by atoms with Crippen molar-refractivity contribution in [2.45, 2.75) is 18.9 Å². The van der Waals surface area contributed by atoms with Crippen LogP contribution in [0.25, 0.3) is 11.0 Å². The monoisotopic (exact) mass is 263 g/mol. The Bertz CT molecular complexity index is 549. The number of rotatable bonds is 6. The van der Waals surface area contributed by atoms with E-state index in [2.05, 4.69) is 10.1 Å². The maximum atomic E-state index is 11.0. The summed E-state index contributed by atoms with van der Waals surface area (Å²) in [7, 11) is 1.34. The molecule has 0 spiro atoms. The van der Waals surface area contributed by atoms with Gasteiger partial charge in [-0.05, 0) is 18.6 Å². The molecule has 0 aliphatic heterocycles. The molecule has 0 saturated heterocycles. The standard InChI is InChI=1S/C14H17NO4/c1-18-14(17)7-6-10(16)8-15-12-9-19-13-5-3-2-4-11(12)13/h2-5,9-10,15-16H,6-8H2,1H3. The molecule has 1 aromatic heterocycles. The van der Waals surface area contributed by atoms with Crippen LogP contribution in [0.5, 0.6) is 0 Å². The fourth-order valence-corrected chi connectivity index (χ4v) is 1.83. The van der Waals surface area contributed by atoms with Crippen molar-refractivity contribution in [3.05, 3.63) is 30.5 Å². The zero-order valence-corrected chi connectivity index (χ0v) is 10.8. The molecule has 1 aromatic carbocycles. The van der Waals surface area contributed by atoms with Crippen molar-refractivity contribution in [2.75, 3.05) is 19.0 Å². The van der Waals surface area contributed by atoms with Crippen molar-refractivity contribution in [2.24, 2.45) is 0 Å². The highest BCUT2D eigenvalue weighted by Gasteiger charge is 2.10. The summed E-state index contributed by atoms with van der Waals surface area (Å²) in [5.41, 5.74) is 1.64. The molecule has 0 radical (unpaired) electrons. The number of para-hydroxylation sites is 1. The van der Waals surface area contributed by atoms with Gasteiger partial charge in [0.25, 0.3) is 0 Å². The second-order valence-corrected chi connectivity index (χ2v) is 4.30. The Balaban J connectivity index is 1.86. The molecule has 2 N–H and O–H groups in total. The summed E-state index contributed by atoms with van der Waals surface area (Å²) in [5.74, 6) is -0.312. The Kier molecular flexibility index (Phi) is 4.41. The molecule has 5 heteroatoms. The number of benzene rings is 1. The Hall–Kier alpha value is -2.01. The van der Waals surface area contributed by atoms with Crippen molar-refractivity contribution >= 4 is 22.6 Å². The van der Waals surface area contributed by atoms with Crippen LogP contribution in [-0.2, 0) is 9.53 Å². The zero-order valence-electron chi connectivity index (χ0n) is 10.8. The van der Waals surface area contributed by atoms with E-state index < -0.39 is 6.10 Å². The Labute approximate surface area is 111 Å². The summed E-state index contributed by atoms with van der Waals surface area (Å²) in [6, 6.07) is 7.66. The lowest BCUT2D eigenvalue weighted by atomic mass is 10.2. The number of furan rings is 1. The lowest BCUT2D eigenvalue weighted by Gasteiger charge is -2.11. The van der Waals surface area contributed by atoms with Crippen LogP contribution in [0, 0.1) is 0 Å². The topological polar surface area (TPSA) is 71.7 Å². The van der Waals surface area contributed by atoms with Crippen LogP contribution in [0.3, 0.4) is 0 Å². The molecule has 0 saturated carbocycles. The van der Waals surface area contributed by atoms with Gasteiger partial charge in [-0.25, -0.2) is 0 Å². The number of carbonyl (C=O) groups excluding carboxylic acids is 1. The van der Waals surface area contributed by atoms with E-state index in [-0.39, 0.29) is 12.4 Å². The molecule has 0 amide bonds. The maximum Gasteiger partial charge on any atom is 0.305 e. The molecular weight excluding hydrogens is 246 g/mol. The number of aliphatic hydroxyl groups is 1. The van der Waals surface area contributed by atoms with E-state index in [0.29, 0.717) is 13.0 Å². The highest BCUT2D eigenvalue weighted by molar-refractivity contribution is 5.90. The molecule has 1 heterocycles. The summed E-state index contributed by atoms with van der Waals surface area (Å²) in [6.07, 6.45) is 1.60. The number of hydrogen-bond acceptors (Lipinski definition) is 5. The van der Waals surface area contributed by atoms with E-state index in [1.54, 1.807) is 6.26 Å². The molecule has 1 unspecified atom stereocenters. The van der Waals surface area contributed by atoms with Crippen LogP contribution in [0.2, 0.25) is 0 Å². The van der Waals surface area contributed by atoms with Crippen molar-refractivity contribution in [3.63, 3.8) is 0 Å². The number of carbonyl (C=O) groups is 1. The van der Waals surface area contributed by atoms with Gasteiger partial charge in [0.2, 0.25) is 0 Å². The smallest absolute Gasteiger partial charge is 0.305 e. The predicted molar refractivity (Wildman–Crippen MR) is 72.0 cm³/mol. The van der Waals surface area contributed by atoms with Gasteiger partial charge in [0.05, 0.1) is 18.9 Å². The van der Waals surface area contributed by atoms with Gasteiger partial charge in [-0.1, -0.05) is 12.1 Å². The average molecular weight is 263 g/mol. The lowest BCUT2D eigenvalue weighted by Crippen LogP contribution is -2.20. The fraction of sp³-hybridized carbons (Fsp3) is 0.357. The number of hydrogen-bond donors (Lipinski definition) is 2. The minimum atomic E-state index is -0.604. The minimum absolute atomic E-state index is 0.214. The van der Waals surface area contributed by atoms with Gasteiger partial charge in [-0.3, -0.25) is 4.79 Å². The Morgan fingerprint density at radius 1 is 1.47 bits per heavy atom. The Morgan fingerprint density at radius 2 is 2.26 bits per heavy atom. The molecule has 19 heavy (non-hydrogen) atoms. The van der Waals surface area contributed by atoms with E-state index in [4.69, 9.17) is 4.42 Å². The summed E-state index contributed by atoms with van der Waals surface area (Å²) in [4.78, 5) is 11.0. The molecular formula is C14H17NO4. The number of nitrogens with one attached hydrogen (secondary N) is 1. The van der Waals surface area contributed by atoms with E-state index in [1.807, 2.05) is 24.3 Å². The lowest BCUT2D eigenvalue weighted by molar-refractivity contribution is -0.141. The van der Waals surface area contributed by atoms with Crippen LogP contribution in [0.15, 0.2) is 34.9 Å². The van der Waals surface area contributed by atoms with Crippen molar-refractivity contribution in [1.29, 1.82) is 0 Å². The first kappa shape index (κ1) is 13.4. The first-order valence-corrected chi connectivity index (χ1v) is 6.15. The normalized spacial score (nSPS) is 12.3. The van der Waals surface area contributed by atoms with Crippen LogP contribution in [-0.4, -0.2) is 30.8 Å². The molecule has 0 bridgehead atoms. The first-order chi connectivity index (χ1) is 9.20. The number of methoxy groups -OCH3 is 1. The van der Waals surface area contributed by atoms with Crippen LogP contribution in [0.1, 0.15) is 12.8 Å². The van der Waals surface area contributed by atoms with Crippen LogP contribution < -0.4 is 5.32 Å². The first-order valence-electron chi connectivity index (χ1n) is 6.15. The van der Waals surface area contributed by atoms with Crippen LogP contribution >= 0.6 is 0 Å². The van der Waals surface area contributed by atoms with Gasteiger partial charge in [0.1, 0.15) is 11.8 Å². The van der Waals surface area contributed by atoms with Crippen molar-refractivity contribution < 1.29 is 19.1 Å². The van der Waals surface area contributed by atoms with Crippen LogP contribution in [0.4, 0.5) is 5.69 Å². The van der Waals surface area contributed by atoms with Gasteiger partial charge in [-0.2, -0.15) is 0 Å². The SMILES string of the molecule is COC(=O)CCC(O)CNc1coc2ccccc12. The maximum absolute atomic E-state index is 11.0. The van der Waals surface area contributed by atoms with Crippen molar-refractivity contribution in [1.82, 2.24) is 0 Å². The highest BCUT2D eigenvalue weighted by atomic mass is 16.5. The van der Waals surface area contributed by atoms with E-state index in [1.165, 1.54) is 7.11 Å². The number of anilines is 1. The number of aliphatic hydroxyl groups excluding tert-OH is 1. The largest absolute Gasteiger partial charge is 0.469 e. The molecule has 2 aromatic rings. The third-order valence-corrected chi connectivity index (χ3v) is 2.92. The third kappa shape index (κ3) is 3.48. The average Bonchev–Trinajstić information content (AvgIpc) is 2.85. The summed E-state index contributed by atoms with van der Waals surface area (Å²) >= 11 is 0. The third-order valence-electron chi connectivity index (χ3n) is 2.92. The summed E-state index contributed by atoms with van der Waals surface area (Å²) in [6.45, 7) is 0.362. The number of fused-ring (bicyclic) bond motifs is 1. The zero-order chi connectivity index (χ0) is 13.7. The van der Waals surface area contributed by atoms with E-state index >= 15 is 0 Å². The minimum Gasteiger partial charge on any atom is -0.469 e. The predicted octanol–water partition coefficient (Wildman–Crippen LogP) is 2.16. The van der Waals surface area contributed by atoms with Gasteiger partial charge in [-0.15, -0.1) is 0 Å². The van der Waals surface area contributed by atoms with E-state index in [0.717, 1.165) is 16.7 Å². The second kappa shape index (κ2) is 6.24. The molecule has 0 aliphatic rings. The molecule has 102 valence electrons. The molecule has 0 fully saturated rings. The van der Waals surface area contributed by atoms with Crippen molar-refractivity contribution in [3.8, 4) is 0 Å². The highest BCUT2D eigenvalue weighted by Crippen LogP contribution is 2.25. The van der Waals surface area contributed by atoms with Gasteiger partial charge in [0.15, 0.2) is 0 Å². The summed E-state index contributed by atoms with van der Waals surface area (Å²) < 4.78 is 9.90. The van der Waals surface area contributed by atoms with Gasteiger partial charge >= 0.3 is 5.97 Å². The fourth-order valence-electron chi connectivity index (χ4n) is 1.83. The number of ether oxygens (including phenoxy) is 1. The van der Waals surface area contributed by atoms with Gasteiger partial charge in [0, 0.05) is 18.4 Å². The molecule has 1 atom stereocenters. The quantitative estimate of drug-likeness (QED) is 0.781. The molecule has 2 rings (SSSR count). The molecule has 0 aliphatic carbocycles. The van der Waals surface area contributed by atoms with Gasteiger partial charge < -0.3 is 19.6 Å². The second-order valence-electron chi connectivity index (χ2n) is 4.30. The molecule has 5 nitrogen and oxygen atoms in total. The number of esters is 1. The van der Waals surface area contributed by atoms with E-state index in [9.17, 15) is 9.90 Å². The Morgan fingerprint density at radius 3 is 3.05 bits per heavy atom.